The van der Waals surface area contributed by atoms with Gasteiger partial charge in [-0.1, -0.05) is 18.2 Å². The normalized spacial score (nSPS) is 14.8. The topological polar surface area (TPSA) is 67.3 Å². The minimum atomic E-state index is 0. The maximum atomic E-state index is 5.69. The van der Waals surface area contributed by atoms with E-state index in [0.717, 1.165) is 48.4 Å². The first-order chi connectivity index (χ1) is 15.7. The number of ether oxygens (including phenoxy) is 3. The highest BCUT2D eigenvalue weighted by atomic mass is 127. The third kappa shape index (κ3) is 7.67. The molecule has 0 aromatic heterocycles. The van der Waals surface area contributed by atoms with E-state index in [1.807, 2.05) is 37.3 Å². The molecule has 2 aromatic carbocycles. The van der Waals surface area contributed by atoms with Gasteiger partial charge in [0.05, 0.1) is 26.9 Å². The molecular formula is C25H37IN4O3. The van der Waals surface area contributed by atoms with Crippen LogP contribution in [-0.4, -0.2) is 58.4 Å². The summed E-state index contributed by atoms with van der Waals surface area (Å²) in [5.74, 6) is 3.15. The smallest absolute Gasteiger partial charge is 0.191 e. The molecule has 0 aliphatic carbocycles. The van der Waals surface area contributed by atoms with Crippen LogP contribution < -0.4 is 24.8 Å². The fourth-order valence-corrected chi connectivity index (χ4v) is 4.04. The Morgan fingerprint density at radius 2 is 1.73 bits per heavy atom. The number of guanidine groups is 1. The van der Waals surface area contributed by atoms with Crippen molar-refractivity contribution < 1.29 is 14.2 Å². The molecule has 0 radical (unpaired) electrons. The second-order valence-electron chi connectivity index (χ2n) is 7.76. The van der Waals surface area contributed by atoms with Crippen molar-refractivity contribution in [2.75, 3.05) is 47.5 Å². The van der Waals surface area contributed by atoms with E-state index in [-0.39, 0.29) is 30.0 Å². The Labute approximate surface area is 214 Å². The minimum absolute atomic E-state index is 0. The fraction of sp³-hybridized carbons (Fsp3) is 0.480. The van der Waals surface area contributed by atoms with E-state index in [2.05, 4.69) is 32.7 Å². The monoisotopic (exact) mass is 568 g/mol. The number of nitrogens with zero attached hydrogens (tertiary/aromatic N) is 2. The number of methoxy groups -OCH3 is 2. The van der Waals surface area contributed by atoms with Gasteiger partial charge in [-0.25, -0.2) is 0 Å². The highest BCUT2D eigenvalue weighted by molar-refractivity contribution is 14.0. The van der Waals surface area contributed by atoms with E-state index in [1.54, 1.807) is 21.3 Å². The summed E-state index contributed by atoms with van der Waals surface area (Å²) >= 11 is 0. The number of aliphatic imine (C=N–C) groups is 1. The van der Waals surface area contributed by atoms with Crippen LogP contribution in [-0.2, 0) is 6.54 Å². The molecule has 2 N–H and O–H groups in total. The molecule has 0 amide bonds. The van der Waals surface area contributed by atoms with Crippen LogP contribution in [0.5, 0.6) is 17.2 Å². The predicted octanol–water partition coefficient (Wildman–Crippen LogP) is 4.22. The molecule has 33 heavy (non-hydrogen) atoms. The van der Waals surface area contributed by atoms with Gasteiger partial charge in [0.25, 0.3) is 0 Å². The number of hydrogen-bond acceptors (Lipinski definition) is 5. The van der Waals surface area contributed by atoms with Gasteiger partial charge >= 0.3 is 0 Å². The largest absolute Gasteiger partial charge is 0.497 e. The fourth-order valence-electron chi connectivity index (χ4n) is 4.04. The van der Waals surface area contributed by atoms with Crippen molar-refractivity contribution in [2.45, 2.75) is 32.4 Å². The molecule has 0 spiro atoms. The summed E-state index contributed by atoms with van der Waals surface area (Å²) in [5.41, 5.74) is 2.38. The van der Waals surface area contributed by atoms with Gasteiger partial charge in [0.2, 0.25) is 0 Å². The van der Waals surface area contributed by atoms with Crippen LogP contribution in [0.4, 0.5) is 0 Å². The van der Waals surface area contributed by atoms with Gasteiger partial charge in [0.15, 0.2) is 17.5 Å². The van der Waals surface area contributed by atoms with Crippen LogP contribution in [0.1, 0.15) is 36.9 Å². The van der Waals surface area contributed by atoms with Gasteiger partial charge < -0.3 is 24.8 Å². The predicted molar refractivity (Wildman–Crippen MR) is 144 cm³/mol. The van der Waals surface area contributed by atoms with Crippen molar-refractivity contribution in [3.63, 3.8) is 0 Å². The molecule has 1 aliphatic rings. The number of likely N-dealkylation sites (tertiary alicyclic amines) is 1. The van der Waals surface area contributed by atoms with Gasteiger partial charge in [0.1, 0.15) is 5.75 Å². The Bertz CT molecular complexity index is 870. The third-order valence-electron chi connectivity index (χ3n) is 5.76. The van der Waals surface area contributed by atoms with Crippen LogP contribution in [0, 0.1) is 0 Å². The summed E-state index contributed by atoms with van der Waals surface area (Å²) in [6.07, 6.45) is 2.50. The zero-order valence-electron chi connectivity index (χ0n) is 20.1. The first-order valence-corrected chi connectivity index (χ1v) is 11.3. The van der Waals surface area contributed by atoms with Gasteiger partial charge in [-0.2, -0.15) is 0 Å². The number of benzene rings is 2. The molecule has 2 aromatic rings. The van der Waals surface area contributed by atoms with Crippen LogP contribution in [0.2, 0.25) is 0 Å². The molecule has 182 valence electrons. The number of hydrogen-bond donors (Lipinski definition) is 2. The Morgan fingerprint density at radius 3 is 2.33 bits per heavy atom. The Morgan fingerprint density at radius 1 is 1.00 bits per heavy atom. The van der Waals surface area contributed by atoms with E-state index < -0.39 is 0 Å². The lowest BCUT2D eigenvalue weighted by molar-refractivity contribution is 0.245. The molecule has 1 heterocycles. The lowest BCUT2D eigenvalue weighted by Gasteiger charge is -2.29. The van der Waals surface area contributed by atoms with Crippen molar-refractivity contribution in [3.05, 3.63) is 53.6 Å². The van der Waals surface area contributed by atoms with Gasteiger partial charge in [-0.3, -0.25) is 9.89 Å². The summed E-state index contributed by atoms with van der Waals surface area (Å²) in [7, 11) is 5.15. The molecule has 0 bridgehead atoms. The molecule has 1 saturated heterocycles. The second kappa shape index (κ2) is 14.1. The van der Waals surface area contributed by atoms with Crippen LogP contribution in [0.15, 0.2) is 47.5 Å². The van der Waals surface area contributed by atoms with Crippen molar-refractivity contribution >= 4 is 29.9 Å². The summed E-state index contributed by atoms with van der Waals surface area (Å²) < 4.78 is 16.4. The first-order valence-electron chi connectivity index (χ1n) is 11.3. The quantitative estimate of drug-likeness (QED) is 0.254. The number of nitrogens with one attached hydrogen (secondary N) is 2. The molecular weight excluding hydrogens is 531 g/mol. The van der Waals surface area contributed by atoms with E-state index in [9.17, 15) is 0 Å². The lowest BCUT2D eigenvalue weighted by atomic mass is 10.1. The third-order valence-corrected chi connectivity index (χ3v) is 5.76. The number of halogens is 1. The zero-order valence-corrected chi connectivity index (χ0v) is 22.4. The molecule has 7 nitrogen and oxygen atoms in total. The molecule has 1 unspecified atom stereocenters. The molecule has 1 fully saturated rings. The highest BCUT2D eigenvalue weighted by Crippen LogP contribution is 2.28. The lowest BCUT2D eigenvalue weighted by Crippen LogP contribution is -2.42. The number of rotatable bonds is 10. The Hall–Kier alpha value is -2.20. The molecule has 1 atom stereocenters. The van der Waals surface area contributed by atoms with E-state index >= 15 is 0 Å². The maximum absolute atomic E-state index is 5.69. The molecule has 0 saturated carbocycles. The van der Waals surface area contributed by atoms with E-state index in [1.165, 1.54) is 18.4 Å². The van der Waals surface area contributed by atoms with Crippen molar-refractivity contribution in [1.29, 1.82) is 0 Å². The molecule has 8 heteroatoms. The van der Waals surface area contributed by atoms with Crippen LogP contribution in [0.3, 0.4) is 0 Å². The molecule has 3 rings (SSSR count). The van der Waals surface area contributed by atoms with Gasteiger partial charge in [0, 0.05) is 20.1 Å². The summed E-state index contributed by atoms with van der Waals surface area (Å²) in [5, 5.41) is 6.93. The zero-order chi connectivity index (χ0) is 22.8. The van der Waals surface area contributed by atoms with Crippen molar-refractivity contribution in [2.24, 2.45) is 4.99 Å². The van der Waals surface area contributed by atoms with Gasteiger partial charge in [-0.15, -0.1) is 24.0 Å². The molecule has 1 aliphatic heterocycles. The maximum Gasteiger partial charge on any atom is 0.191 e. The van der Waals surface area contributed by atoms with Crippen molar-refractivity contribution in [3.8, 4) is 17.2 Å². The average molecular weight is 569 g/mol. The first kappa shape index (κ1) is 27.0. The average Bonchev–Trinajstić information content (AvgIpc) is 3.36. The SMILES string of the molecule is CCOc1cc(CNC(=NC)NCC(c2ccc(OC)cc2)N2CCCC2)ccc1OC.I. The van der Waals surface area contributed by atoms with Crippen molar-refractivity contribution in [1.82, 2.24) is 15.5 Å². The summed E-state index contributed by atoms with van der Waals surface area (Å²) in [6, 6.07) is 14.6. The Kier molecular flexibility index (Phi) is 11.6. The minimum Gasteiger partial charge on any atom is -0.497 e. The summed E-state index contributed by atoms with van der Waals surface area (Å²) in [4.78, 5) is 6.96. The van der Waals surface area contributed by atoms with Crippen LogP contribution >= 0.6 is 24.0 Å². The van der Waals surface area contributed by atoms with Crippen LogP contribution in [0.25, 0.3) is 0 Å². The summed E-state index contributed by atoms with van der Waals surface area (Å²) in [6.45, 7) is 6.22. The van der Waals surface area contributed by atoms with Gasteiger partial charge in [-0.05, 0) is 68.2 Å². The van der Waals surface area contributed by atoms with E-state index in [4.69, 9.17) is 14.2 Å². The Balaban J connectivity index is 0.00000385. The van der Waals surface area contributed by atoms with E-state index in [0.29, 0.717) is 13.2 Å². The second-order valence-corrected chi connectivity index (χ2v) is 7.76. The standard InChI is InChI=1S/C25H36N4O3.HI/c1-5-32-24-16-19(8-13-23(24)31-4)17-27-25(26-2)28-18-22(29-14-6-7-15-29)20-9-11-21(30-3)12-10-20;/h8-13,16,22H,5-7,14-15,17-18H2,1-4H3,(H2,26,27,28);1H. The highest BCUT2D eigenvalue weighted by Gasteiger charge is 2.23.